The first-order chi connectivity index (χ1) is 9.05. The van der Waals surface area contributed by atoms with Crippen LogP contribution in [0.3, 0.4) is 0 Å². The Labute approximate surface area is 114 Å². The number of hydrogen-bond donors (Lipinski definition) is 2. The van der Waals surface area contributed by atoms with Gasteiger partial charge in [0.25, 0.3) is 0 Å². The second-order valence-corrected chi connectivity index (χ2v) is 7.03. The summed E-state index contributed by atoms with van der Waals surface area (Å²) in [6.07, 6.45) is 5.36. The highest BCUT2D eigenvalue weighted by molar-refractivity contribution is 7.89. The van der Waals surface area contributed by atoms with Crippen LogP contribution in [0.1, 0.15) is 31.9 Å². The van der Waals surface area contributed by atoms with Gasteiger partial charge in [0.2, 0.25) is 10.0 Å². The van der Waals surface area contributed by atoms with Gasteiger partial charge in [0.05, 0.1) is 12.0 Å². The highest BCUT2D eigenvalue weighted by Crippen LogP contribution is 2.10. The van der Waals surface area contributed by atoms with Gasteiger partial charge < -0.3 is 9.73 Å². The molecule has 1 aromatic heterocycles. The molecular weight excluding hydrogens is 264 g/mol. The predicted octanol–water partition coefficient (Wildman–Crippen LogP) is 1.27. The molecule has 1 saturated heterocycles. The van der Waals surface area contributed by atoms with Gasteiger partial charge in [0, 0.05) is 18.5 Å². The fourth-order valence-electron chi connectivity index (χ4n) is 2.46. The molecule has 0 saturated carbocycles. The van der Waals surface area contributed by atoms with E-state index in [1.807, 2.05) is 19.1 Å². The summed E-state index contributed by atoms with van der Waals surface area (Å²) in [5.41, 5.74) is 0. The zero-order valence-corrected chi connectivity index (χ0v) is 12.1. The summed E-state index contributed by atoms with van der Waals surface area (Å²) < 4.78 is 32.0. The van der Waals surface area contributed by atoms with Crippen molar-refractivity contribution in [3.8, 4) is 0 Å². The van der Waals surface area contributed by atoms with Crippen molar-refractivity contribution in [2.45, 2.75) is 44.7 Å². The maximum absolute atomic E-state index is 12.1. The van der Waals surface area contributed by atoms with E-state index in [1.54, 1.807) is 6.26 Å². The number of furan rings is 1. The summed E-state index contributed by atoms with van der Waals surface area (Å²) >= 11 is 0. The summed E-state index contributed by atoms with van der Waals surface area (Å²) in [7, 11) is -3.24. The van der Waals surface area contributed by atoms with E-state index in [4.69, 9.17) is 4.42 Å². The monoisotopic (exact) mass is 286 g/mol. The predicted molar refractivity (Wildman–Crippen MR) is 74.4 cm³/mol. The molecule has 108 valence electrons. The molecule has 19 heavy (non-hydrogen) atoms. The van der Waals surface area contributed by atoms with Gasteiger partial charge in [-0.25, -0.2) is 13.1 Å². The molecule has 2 rings (SSSR count). The lowest BCUT2D eigenvalue weighted by Gasteiger charge is -2.24. The number of nitrogens with one attached hydrogen (secondary N) is 2. The average molecular weight is 286 g/mol. The van der Waals surface area contributed by atoms with Crippen LogP contribution in [0.2, 0.25) is 0 Å². The molecule has 1 aromatic rings. The van der Waals surface area contributed by atoms with Crippen molar-refractivity contribution in [1.29, 1.82) is 0 Å². The van der Waals surface area contributed by atoms with Crippen LogP contribution in [0.15, 0.2) is 22.8 Å². The lowest BCUT2D eigenvalue weighted by molar-refractivity contribution is 0.420. The van der Waals surface area contributed by atoms with Crippen molar-refractivity contribution >= 4 is 10.0 Å². The molecule has 2 atom stereocenters. The molecule has 0 aliphatic carbocycles. The molecule has 2 heterocycles. The number of rotatable bonds is 6. The molecule has 0 bridgehead atoms. The van der Waals surface area contributed by atoms with E-state index < -0.39 is 10.0 Å². The van der Waals surface area contributed by atoms with Crippen molar-refractivity contribution in [2.75, 3.05) is 12.3 Å². The smallest absolute Gasteiger partial charge is 0.213 e. The van der Waals surface area contributed by atoms with Crippen LogP contribution in [0.5, 0.6) is 0 Å². The standard InChI is InChI=1S/C13H22N2O3S/c1-11(9-13-6-4-8-18-13)15-19(16,17)10-12-5-2-3-7-14-12/h4,6,8,11-12,14-15H,2-3,5,7,9-10H2,1H3. The molecule has 2 unspecified atom stereocenters. The molecule has 5 nitrogen and oxygen atoms in total. The van der Waals surface area contributed by atoms with Crippen molar-refractivity contribution < 1.29 is 12.8 Å². The summed E-state index contributed by atoms with van der Waals surface area (Å²) in [5.74, 6) is 0.959. The molecule has 6 heteroatoms. The molecule has 0 radical (unpaired) electrons. The molecule has 1 aliphatic heterocycles. The summed E-state index contributed by atoms with van der Waals surface area (Å²) in [4.78, 5) is 0. The van der Waals surface area contributed by atoms with E-state index in [9.17, 15) is 8.42 Å². The first-order valence-electron chi connectivity index (χ1n) is 6.81. The van der Waals surface area contributed by atoms with Gasteiger partial charge in [-0.3, -0.25) is 0 Å². The van der Waals surface area contributed by atoms with Gasteiger partial charge in [-0.2, -0.15) is 0 Å². The maximum atomic E-state index is 12.1. The Hall–Kier alpha value is -0.850. The number of sulfonamides is 1. The fourth-order valence-corrected chi connectivity index (χ4v) is 4.06. The topological polar surface area (TPSA) is 71.3 Å². The Kier molecular flexibility index (Phi) is 5.01. The fraction of sp³-hybridized carbons (Fsp3) is 0.692. The lowest BCUT2D eigenvalue weighted by Crippen LogP contribution is -2.44. The van der Waals surface area contributed by atoms with E-state index >= 15 is 0 Å². The summed E-state index contributed by atoms with van der Waals surface area (Å²) in [5, 5.41) is 3.26. The zero-order chi connectivity index (χ0) is 13.7. The van der Waals surface area contributed by atoms with Crippen LogP contribution < -0.4 is 10.0 Å². The Bertz CT molecular complexity index is 464. The second-order valence-electron chi connectivity index (χ2n) is 5.23. The quantitative estimate of drug-likeness (QED) is 0.826. The van der Waals surface area contributed by atoms with Crippen LogP contribution in [0, 0.1) is 0 Å². The Balaban J connectivity index is 1.82. The number of piperidine rings is 1. The molecule has 1 aliphatic rings. The van der Waals surface area contributed by atoms with E-state index in [0.29, 0.717) is 6.42 Å². The van der Waals surface area contributed by atoms with Crippen molar-refractivity contribution in [3.05, 3.63) is 24.2 Å². The van der Waals surface area contributed by atoms with Gasteiger partial charge in [-0.15, -0.1) is 0 Å². The second kappa shape index (κ2) is 6.54. The minimum absolute atomic E-state index is 0.0852. The average Bonchev–Trinajstić information content (AvgIpc) is 2.81. The van der Waals surface area contributed by atoms with Gasteiger partial charge in [-0.05, 0) is 38.4 Å². The zero-order valence-electron chi connectivity index (χ0n) is 11.3. The minimum atomic E-state index is -3.24. The number of hydrogen-bond acceptors (Lipinski definition) is 4. The summed E-state index contributed by atoms with van der Waals surface area (Å²) in [6, 6.07) is 3.59. The van der Waals surface area contributed by atoms with Gasteiger partial charge in [-0.1, -0.05) is 6.42 Å². The van der Waals surface area contributed by atoms with Gasteiger partial charge >= 0.3 is 0 Å². The SMILES string of the molecule is CC(Cc1ccco1)NS(=O)(=O)CC1CCCCN1. The van der Waals surface area contributed by atoms with Crippen molar-refractivity contribution in [3.63, 3.8) is 0 Å². The highest BCUT2D eigenvalue weighted by Gasteiger charge is 2.22. The molecule has 0 amide bonds. The first-order valence-corrected chi connectivity index (χ1v) is 8.46. The van der Waals surface area contributed by atoms with Crippen LogP contribution >= 0.6 is 0 Å². The molecule has 0 spiro atoms. The van der Waals surface area contributed by atoms with Crippen LogP contribution in [0.4, 0.5) is 0 Å². The molecular formula is C13H22N2O3S. The van der Waals surface area contributed by atoms with Crippen LogP contribution in [-0.4, -0.2) is 32.8 Å². The van der Waals surface area contributed by atoms with Gasteiger partial charge in [0.15, 0.2) is 0 Å². The normalized spacial score (nSPS) is 22.3. The Morgan fingerprint density at radius 3 is 3.00 bits per heavy atom. The third kappa shape index (κ3) is 4.97. The summed E-state index contributed by atoms with van der Waals surface area (Å²) in [6.45, 7) is 2.77. The van der Waals surface area contributed by atoms with E-state index in [1.165, 1.54) is 0 Å². The maximum Gasteiger partial charge on any atom is 0.213 e. The van der Waals surface area contributed by atoms with Crippen molar-refractivity contribution in [1.82, 2.24) is 10.0 Å². The van der Waals surface area contributed by atoms with E-state index in [-0.39, 0.29) is 17.8 Å². The molecule has 0 aromatic carbocycles. The third-order valence-corrected chi connectivity index (χ3v) is 4.90. The largest absolute Gasteiger partial charge is 0.469 e. The van der Waals surface area contributed by atoms with E-state index in [0.717, 1.165) is 31.6 Å². The van der Waals surface area contributed by atoms with E-state index in [2.05, 4.69) is 10.0 Å². The third-order valence-electron chi connectivity index (χ3n) is 3.30. The Morgan fingerprint density at radius 2 is 2.37 bits per heavy atom. The first kappa shape index (κ1) is 14.6. The van der Waals surface area contributed by atoms with Crippen LogP contribution in [-0.2, 0) is 16.4 Å². The molecule has 2 N–H and O–H groups in total. The van der Waals surface area contributed by atoms with Gasteiger partial charge in [0.1, 0.15) is 5.76 Å². The van der Waals surface area contributed by atoms with Crippen LogP contribution in [0.25, 0.3) is 0 Å². The van der Waals surface area contributed by atoms with Crippen molar-refractivity contribution in [2.24, 2.45) is 0 Å². The highest BCUT2D eigenvalue weighted by atomic mass is 32.2. The lowest BCUT2D eigenvalue weighted by atomic mass is 10.1. The molecule has 1 fully saturated rings. The Morgan fingerprint density at radius 1 is 1.53 bits per heavy atom. The minimum Gasteiger partial charge on any atom is -0.469 e.